The van der Waals surface area contributed by atoms with Gasteiger partial charge in [-0.1, -0.05) is 23.7 Å². The molecule has 0 aliphatic carbocycles. The van der Waals surface area contributed by atoms with Gasteiger partial charge in [0.25, 0.3) is 10.0 Å². The van der Waals surface area contributed by atoms with Gasteiger partial charge < -0.3 is 0 Å². The molecule has 22 heavy (non-hydrogen) atoms. The lowest BCUT2D eigenvalue weighted by Crippen LogP contribution is -2.35. The van der Waals surface area contributed by atoms with Crippen LogP contribution in [0.5, 0.6) is 0 Å². The van der Waals surface area contributed by atoms with E-state index in [2.05, 4.69) is 20.0 Å². The average Bonchev–Trinajstić information content (AvgIpc) is 2.36. The van der Waals surface area contributed by atoms with E-state index in [1.165, 1.54) is 12.1 Å². The van der Waals surface area contributed by atoms with Gasteiger partial charge in [-0.15, -0.1) is 0 Å². The first-order valence-electron chi connectivity index (χ1n) is 6.23. The van der Waals surface area contributed by atoms with E-state index in [-0.39, 0.29) is 15.9 Å². The van der Waals surface area contributed by atoms with E-state index in [9.17, 15) is 8.42 Å². The monoisotopic (exact) mass is 339 g/mol. The highest BCUT2D eigenvalue weighted by Crippen LogP contribution is 2.20. The van der Waals surface area contributed by atoms with Crippen molar-refractivity contribution in [2.24, 2.45) is 0 Å². The number of sulfonamides is 1. The Morgan fingerprint density at radius 1 is 1.18 bits per heavy atom. The van der Waals surface area contributed by atoms with E-state index in [0.29, 0.717) is 11.4 Å². The quantitative estimate of drug-likeness (QED) is 0.586. The molecule has 0 amide bonds. The zero-order valence-corrected chi connectivity index (χ0v) is 13.5. The van der Waals surface area contributed by atoms with E-state index in [1.54, 1.807) is 32.0 Å². The minimum Gasteiger partial charge on any atom is -0.294 e. The van der Waals surface area contributed by atoms with Crippen LogP contribution in [0.15, 0.2) is 35.2 Å². The highest BCUT2D eigenvalue weighted by atomic mass is 35.5. The minimum absolute atomic E-state index is 0.0745. The van der Waals surface area contributed by atoms with Crippen LogP contribution in [0.1, 0.15) is 11.4 Å². The van der Waals surface area contributed by atoms with Gasteiger partial charge in [0.05, 0.1) is 5.02 Å². The molecule has 0 bridgehead atoms. The van der Waals surface area contributed by atoms with E-state index in [1.807, 2.05) is 0 Å². The Kier molecular flexibility index (Phi) is 4.62. The van der Waals surface area contributed by atoms with Crippen LogP contribution in [0.3, 0.4) is 0 Å². The van der Waals surface area contributed by atoms with Crippen LogP contribution in [0.25, 0.3) is 0 Å². The molecule has 0 saturated heterocycles. The van der Waals surface area contributed by atoms with Crippen LogP contribution in [0.4, 0.5) is 5.95 Å². The van der Waals surface area contributed by atoms with Crippen LogP contribution in [-0.2, 0) is 10.0 Å². The normalized spacial score (nSPS) is 11.0. The summed E-state index contributed by atoms with van der Waals surface area (Å²) in [5.41, 5.74) is 1.41. The van der Waals surface area contributed by atoms with E-state index >= 15 is 0 Å². The first-order chi connectivity index (χ1) is 10.3. The molecule has 116 valence electrons. The maximum Gasteiger partial charge on any atom is 0.265 e. The number of hydrogen-bond donors (Lipinski definition) is 3. The summed E-state index contributed by atoms with van der Waals surface area (Å²) in [7, 11) is -3.96. The van der Waals surface area contributed by atoms with Gasteiger partial charge in [0, 0.05) is 11.4 Å². The van der Waals surface area contributed by atoms with Crippen molar-refractivity contribution in [1.82, 2.24) is 14.7 Å². The fourth-order valence-corrected chi connectivity index (χ4v) is 3.22. The van der Waals surface area contributed by atoms with Gasteiger partial charge in [0.15, 0.2) is 0 Å². The maximum atomic E-state index is 12.2. The number of benzene rings is 1. The van der Waals surface area contributed by atoms with Crippen LogP contribution in [-0.4, -0.2) is 24.3 Å². The second-order valence-corrected chi connectivity index (χ2v) is 6.57. The SMILES string of the molecule is Cc1cc(C)nc(NC(=N)NS(=O)(=O)c2ccccc2Cl)n1. The summed E-state index contributed by atoms with van der Waals surface area (Å²) in [6, 6.07) is 7.74. The number of nitrogens with zero attached hydrogens (tertiary/aromatic N) is 2. The topological polar surface area (TPSA) is 108 Å². The Morgan fingerprint density at radius 3 is 2.36 bits per heavy atom. The summed E-state index contributed by atoms with van der Waals surface area (Å²) < 4.78 is 26.4. The molecule has 0 fully saturated rings. The molecule has 0 spiro atoms. The standard InChI is InChI=1S/C13H14ClN5O2S/c1-8-7-9(2)17-13(16-8)18-12(15)19-22(20,21)11-6-4-3-5-10(11)14/h3-7H,1-2H3,(H3,15,16,17,18,19). The van der Waals surface area contributed by atoms with Gasteiger partial charge in [-0.25, -0.2) is 23.1 Å². The molecule has 0 unspecified atom stereocenters. The molecule has 0 radical (unpaired) electrons. The highest BCUT2D eigenvalue weighted by Gasteiger charge is 2.19. The average molecular weight is 340 g/mol. The molecule has 2 rings (SSSR count). The lowest BCUT2D eigenvalue weighted by molar-refractivity contribution is 0.592. The summed E-state index contributed by atoms with van der Waals surface area (Å²) in [5, 5.41) is 10.3. The summed E-state index contributed by atoms with van der Waals surface area (Å²) in [5.74, 6) is -0.325. The molecule has 1 heterocycles. The summed E-state index contributed by atoms with van der Waals surface area (Å²) in [4.78, 5) is 8.03. The van der Waals surface area contributed by atoms with Gasteiger partial charge in [-0.2, -0.15) is 0 Å². The van der Waals surface area contributed by atoms with Crippen molar-refractivity contribution in [2.75, 3.05) is 5.32 Å². The van der Waals surface area contributed by atoms with Crippen molar-refractivity contribution in [2.45, 2.75) is 18.7 Å². The predicted octanol–water partition coefficient (Wildman–Crippen LogP) is 2.07. The summed E-state index contributed by atoms with van der Waals surface area (Å²) >= 11 is 5.86. The van der Waals surface area contributed by atoms with Crippen molar-refractivity contribution < 1.29 is 8.42 Å². The van der Waals surface area contributed by atoms with E-state index in [4.69, 9.17) is 17.0 Å². The third-order valence-corrected chi connectivity index (χ3v) is 4.43. The molecule has 3 N–H and O–H groups in total. The van der Waals surface area contributed by atoms with Gasteiger partial charge in [-0.05, 0) is 32.0 Å². The predicted molar refractivity (Wildman–Crippen MR) is 84.6 cm³/mol. The number of hydrogen-bond acceptors (Lipinski definition) is 5. The molecule has 1 aromatic carbocycles. The third kappa shape index (κ3) is 3.92. The molecule has 7 nitrogen and oxygen atoms in total. The molecule has 0 saturated carbocycles. The highest BCUT2D eigenvalue weighted by molar-refractivity contribution is 7.90. The number of halogens is 1. The Balaban J connectivity index is 2.16. The second-order valence-electron chi connectivity index (χ2n) is 4.51. The maximum absolute atomic E-state index is 12.2. The number of nitrogens with one attached hydrogen (secondary N) is 3. The first kappa shape index (κ1) is 16.2. The summed E-state index contributed by atoms with van der Waals surface area (Å²) in [6.45, 7) is 3.55. The minimum atomic E-state index is -3.96. The van der Waals surface area contributed by atoms with Crippen LogP contribution >= 0.6 is 11.6 Å². The lowest BCUT2D eigenvalue weighted by atomic mass is 10.4. The number of rotatable bonds is 3. The number of aromatic nitrogens is 2. The fraction of sp³-hybridized carbons (Fsp3) is 0.154. The lowest BCUT2D eigenvalue weighted by Gasteiger charge is -2.11. The first-order valence-corrected chi connectivity index (χ1v) is 8.09. The van der Waals surface area contributed by atoms with E-state index < -0.39 is 16.0 Å². The Morgan fingerprint density at radius 2 is 1.77 bits per heavy atom. The van der Waals surface area contributed by atoms with Crippen molar-refractivity contribution in [3.05, 3.63) is 46.7 Å². The summed E-state index contributed by atoms with van der Waals surface area (Å²) in [6.07, 6.45) is 0. The molecule has 9 heteroatoms. The van der Waals surface area contributed by atoms with E-state index in [0.717, 1.165) is 0 Å². The molecule has 0 atom stereocenters. The van der Waals surface area contributed by atoms with Crippen LogP contribution < -0.4 is 10.0 Å². The number of anilines is 1. The zero-order chi connectivity index (χ0) is 16.3. The number of guanidine groups is 1. The van der Waals surface area contributed by atoms with Crippen molar-refractivity contribution >= 4 is 33.5 Å². The van der Waals surface area contributed by atoms with Crippen molar-refractivity contribution in [3.8, 4) is 0 Å². The third-order valence-electron chi connectivity index (χ3n) is 2.58. The Bertz CT molecular complexity index is 803. The van der Waals surface area contributed by atoms with Gasteiger partial charge in [-0.3, -0.25) is 10.7 Å². The van der Waals surface area contributed by atoms with Crippen LogP contribution in [0.2, 0.25) is 5.02 Å². The Hall–Kier alpha value is -2.19. The Labute approximate surface area is 133 Å². The molecule has 0 aliphatic rings. The molecule has 0 aliphatic heterocycles. The fourth-order valence-electron chi connectivity index (χ4n) is 1.77. The van der Waals surface area contributed by atoms with Gasteiger partial charge in [0.2, 0.25) is 11.9 Å². The van der Waals surface area contributed by atoms with Gasteiger partial charge >= 0.3 is 0 Å². The van der Waals surface area contributed by atoms with Crippen molar-refractivity contribution in [1.29, 1.82) is 5.41 Å². The molecular weight excluding hydrogens is 326 g/mol. The number of aryl methyl sites for hydroxylation is 2. The molecule has 2 aromatic rings. The smallest absolute Gasteiger partial charge is 0.265 e. The molecular formula is C13H14ClN5O2S. The van der Waals surface area contributed by atoms with Gasteiger partial charge in [0.1, 0.15) is 4.90 Å². The zero-order valence-electron chi connectivity index (χ0n) is 11.9. The van der Waals surface area contributed by atoms with Crippen LogP contribution in [0, 0.1) is 19.3 Å². The second kappa shape index (κ2) is 6.29. The van der Waals surface area contributed by atoms with Crippen molar-refractivity contribution in [3.63, 3.8) is 0 Å². The molecule has 1 aromatic heterocycles. The largest absolute Gasteiger partial charge is 0.294 e.